The summed E-state index contributed by atoms with van der Waals surface area (Å²) < 4.78 is 0. The zero-order valence-electron chi connectivity index (χ0n) is 11.3. The summed E-state index contributed by atoms with van der Waals surface area (Å²) in [6.07, 6.45) is 6.92. The maximum Gasteiger partial charge on any atom is 0.0144 e. The molecular weight excluding hydrogens is 218 g/mol. The molecule has 1 unspecified atom stereocenters. The first-order valence-corrected chi connectivity index (χ1v) is 7.61. The molecular formula is C17H23N. The third kappa shape index (κ3) is 1.37. The van der Waals surface area contributed by atoms with Gasteiger partial charge in [0.05, 0.1) is 0 Å². The zero-order chi connectivity index (χ0) is 12.2. The van der Waals surface area contributed by atoms with Gasteiger partial charge in [0.1, 0.15) is 0 Å². The Hall–Kier alpha value is -0.820. The van der Waals surface area contributed by atoms with Crippen LogP contribution in [0.2, 0.25) is 0 Å². The molecule has 1 saturated carbocycles. The Labute approximate surface area is 110 Å². The van der Waals surface area contributed by atoms with E-state index in [0.29, 0.717) is 5.41 Å². The molecule has 1 heteroatoms. The third-order valence-electron chi connectivity index (χ3n) is 5.85. The molecule has 2 bridgehead atoms. The first-order valence-electron chi connectivity index (χ1n) is 7.61. The van der Waals surface area contributed by atoms with Crippen molar-refractivity contribution in [1.29, 1.82) is 0 Å². The van der Waals surface area contributed by atoms with Gasteiger partial charge in [-0.1, -0.05) is 37.6 Å². The van der Waals surface area contributed by atoms with Gasteiger partial charge in [-0.3, -0.25) is 0 Å². The van der Waals surface area contributed by atoms with Gasteiger partial charge in [0.15, 0.2) is 0 Å². The number of nitrogens with one attached hydrogen (secondary N) is 1. The van der Waals surface area contributed by atoms with Gasteiger partial charge in [0, 0.05) is 11.5 Å². The Kier molecular flexibility index (Phi) is 2.35. The van der Waals surface area contributed by atoms with Crippen LogP contribution in [0.15, 0.2) is 24.3 Å². The number of fused-ring (bicyclic) bond motifs is 1. The first kappa shape index (κ1) is 11.0. The maximum atomic E-state index is 3.80. The van der Waals surface area contributed by atoms with Crippen LogP contribution in [0.4, 0.5) is 0 Å². The van der Waals surface area contributed by atoms with Crippen molar-refractivity contribution in [2.45, 2.75) is 50.5 Å². The van der Waals surface area contributed by atoms with Gasteiger partial charge in [0.2, 0.25) is 0 Å². The zero-order valence-corrected chi connectivity index (χ0v) is 11.3. The van der Waals surface area contributed by atoms with E-state index in [2.05, 4.69) is 36.5 Å². The highest BCUT2D eigenvalue weighted by atomic mass is 15.0. The van der Waals surface area contributed by atoms with E-state index in [4.69, 9.17) is 0 Å². The van der Waals surface area contributed by atoms with Crippen molar-refractivity contribution in [3.63, 3.8) is 0 Å². The second kappa shape index (κ2) is 3.84. The minimum atomic E-state index is 0.516. The first-order chi connectivity index (χ1) is 8.79. The Morgan fingerprint density at radius 2 is 2.11 bits per heavy atom. The van der Waals surface area contributed by atoms with Crippen molar-refractivity contribution in [3.05, 3.63) is 35.4 Å². The summed E-state index contributed by atoms with van der Waals surface area (Å²) in [7, 11) is 0. The second-order valence-electron chi connectivity index (χ2n) is 6.82. The van der Waals surface area contributed by atoms with Gasteiger partial charge in [-0.25, -0.2) is 0 Å². The summed E-state index contributed by atoms with van der Waals surface area (Å²) in [6, 6.07) is 10.0. The fourth-order valence-corrected chi connectivity index (χ4v) is 5.19. The lowest BCUT2D eigenvalue weighted by atomic mass is 9.51. The quantitative estimate of drug-likeness (QED) is 0.735. The Morgan fingerprint density at radius 3 is 3.06 bits per heavy atom. The van der Waals surface area contributed by atoms with Crippen LogP contribution in [0.3, 0.4) is 0 Å². The second-order valence-corrected chi connectivity index (χ2v) is 6.82. The molecule has 1 aliphatic heterocycles. The van der Waals surface area contributed by atoms with Gasteiger partial charge in [0.25, 0.3) is 0 Å². The molecule has 1 N–H and O–H groups in total. The predicted molar refractivity (Wildman–Crippen MR) is 74.7 cm³/mol. The van der Waals surface area contributed by atoms with Crippen LogP contribution < -0.4 is 5.32 Å². The minimum absolute atomic E-state index is 0.516. The van der Waals surface area contributed by atoms with E-state index >= 15 is 0 Å². The lowest BCUT2D eigenvalue weighted by Crippen LogP contribution is -2.60. The molecule has 1 saturated heterocycles. The molecule has 4 rings (SSSR count). The Bertz CT molecular complexity index is 466. The highest BCUT2D eigenvalue weighted by Gasteiger charge is 2.52. The predicted octanol–water partition coefficient (Wildman–Crippen LogP) is 3.28. The smallest absolute Gasteiger partial charge is 0.0144 e. The van der Waals surface area contributed by atoms with Crippen LogP contribution in [0.5, 0.6) is 0 Å². The van der Waals surface area contributed by atoms with E-state index in [1.807, 2.05) is 0 Å². The van der Waals surface area contributed by atoms with Crippen molar-refractivity contribution in [3.8, 4) is 0 Å². The summed E-state index contributed by atoms with van der Waals surface area (Å²) >= 11 is 0. The number of piperidine rings is 1. The third-order valence-corrected chi connectivity index (χ3v) is 5.85. The fourth-order valence-electron chi connectivity index (χ4n) is 5.19. The normalized spacial score (nSPS) is 41.9. The lowest BCUT2D eigenvalue weighted by Gasteiger charge is -2.57. The molecule has 18 heavy (non-hydrogen) atoms. The van der Waals surface area contributed by atoms with Gasteiger partial charge in [-0.05, 0) is 55.2 Å². The summed E-state index contributed by atoms with van der Waals surface area (Å²) in [6.45, 7) is 3.68. The summed E-state index contributed by atoms with van der Waals surface area (Å²) in [5.41, 5.74) is 3.85. The average molecular weight is 241 g/mol. The van der Waals surface area contributed by atoms with Gasteiger partial charge < -0.3 is 5.32 Å². The van der Waals surface area contributed by atoms with Crippen LogP contribution in [0.1, 0.15) is 43.7 Å². The van der Waals surface area contributed by atoms with Crippen LogP contribution in [0.25, 0.3) is 0 Å². The largest absolute Gasteiger partial charge is 0.313 e. The van der Waals surface area contributed by atoms with E-state index in [1.165, 1.54) is 38.6 Å². The molecule has 1 nitrogen and oxygen atoms in total. The topological polar surface area (TPSA) is 12.0 Å². The molecule has 2 aliphatic carbocycles. The average Bonchev–Trinajstić information content (AvgIpc) is 2.38. The summed E-state index contributed by atoms with van der Waals surface area (Å²) in [5.74, 6) is 1.81. The number of hydrogen-bond donors (Lipinski definition) is 1. The molecule has 0 spiro atoms. The molecule has 3 aliphatic rings. The van der Waals surface area contributed by atoms with E-state index in [-0.39, 0.29) is 0 Å². The van der Waals surface area contributed by atoms with Crippen molar-refractivity contribution in [1.82, 2.24) is 5.32 Å². The van der Waals surface area contributed by atoms with Gasteiger partial charge >= 0.3 is 0 Å². The maximum absolute atomic E-state index is 3.80. The lowest BCUT2D eigenvalue weighted by molar-refractivity contribution is 0.0565. The standard InChI is InChI=1S/C17H23N/c1-12-6-7-15-16-10-13-4-2-3-5-14(13)17(15,11-12)8-9-18-16/h2-5,12,15-16,18H,6-11H2,1H3/t12?,15-,16+,17+/m0/s1. The van der Waals surface area contributed by atoms with Crippen LogP contribution in [0, 0.1) is 11.8 Å². The van der Waals surface area contributed by atoms with Crippen molar-refractivity contribution in [2.24, 2.45) is 11.8 Å². The van der Waals surface area contributed by atoms with Crippen molar-refractivity contribution in [2.75, 3.05) is 6.54 Å². The van der Waals surface area contributed by atoms with E-state index in [1.54, 1.807) is 11.1 Å². The molecule has 1 aromatic carbocycles. The van der Waals surface area contributed by atoms with Crippen molar-refractivity contribution >= 4 is 0 Å². The Balaban J connectivity index is 1.89. The van der Waals surface area contributed by atoms with Crippen LogP contribution >= 0.6 is 0 Å². The molecule has 1 heterocycles. The molecule has 1 aromatic rings. The van der Waals surface area contributed by atoms with Crippen LogP contribution in [-0.2, 0) is 11.8 Å². The number of benzene rings is 1. The fraction of sp³-hybridized carbons (Fsp3) is 0.647. The molecule has 0 aromatic heterocycles. The molecule has 2 fully saturated rings. The Morgan fingerprint density at radius 1 is 1.22 bits per heavy atom. The molecule has 0 amide bonds. The van der Waals surface area contributed by atoms with Gasteiger partial charge in [-0.15, -0.1) is 0 Å². The summed E-state index contributed by atoms with van der Waals surface area (Å²) in [4.78, 5) is 0. The molecule has 0 radical (unpaired) electrons. The number of rotatable bonds is 0. The van der Waals surface area contributed by atoms with Gasteiger partial charge in [-0.2, -0.15) is 0 Å². The molecule has 4 atom stereocenters. The SMILES string of the molecule is CC1CC[C@H]2[C@H]3Cc4ccccc4[C@@]2(CCN3)C1. The summed E-state index contributed by atoms with van der Waals surface area (Å²) in [5, 5.41) is 3.80. The van der Waals surface area contributed by atoms with E-state index < -0.39 is 0 Å². The van der Waals surface area contributed by atoms with E-state index in [0.717, 1.165) is 17.9 Å². The highest BCUT2D eigenvalue weighted by Crippen LogP contribution is 2.54. The number of hydrogen-bond acceptors (Lipinski definition) is 1. The van der Waals surface area contributed by atoms with Crippen molar-refractivity contribution < 1.29 is 0 Å². The minimum Gasteiger partial charge on any atom is -0.313 e. The monoisotopic (exact) mass is 241 g/mol. The molecule has 96 valence electrons. The highest BCUT2D eigenvalue weighted by molar-refractivity contribution is 5.41. The van der Waals surface area contributed by atoms with E-state index in [9.17, 15) is 0 Å². The van der Waals surface area contributed by atoms with Crippen LogP contribution in [-0.4, -0.2) is 12.6 Å².